The molecule has 0 saturated heterocycles. The second-order valence-corrected chi connectivity index (χ2v) is 9.18. The molecule has 2 amide bonds. The van der Waals surface area contributed by atoms with Crippen LogP contribution in [0.25, 0.3) is 16.6 Å². The summed E-state index contributed by atoms with van der Waals surface area (Å²) in [6.07, 6.45) is -2.04. The van der Waals surface area contributed by atoms with Crippen molar-refractivity contribution >= 4 is 28.7 Å². The van der Waals surface area contributed by atoms with Crippen molar-refractivity contribution in [3.05, 3.63) is 71.7 Å². The minimum absolute atomic E-state index is 0.0655. The van der Waals surface area contributed by atoms with Crippen LogP contribution in [0.15, 0.2) is 48.8 Å². The SMILES string of the molecule is CCN(CCO)CCCc1cc(-c2ccc(NC(=O)Nc3cc(C(F)(F)F)ccc3F)c(F)c2)c2c(N)ncnn12. The Morgan fingerprint density at radius 1 is 1.05 bits per heavy atom. The molecule has 0 fully saturated rings. The van der Waals surface area contributed by atoms with Crippen LogP contribution in [0.3, 0.4) is 0 Å². The second kappa shape index (κ2) is 12.5. The molecule has 2 heterocycles. The summed E-state index contributed by atoms with van der Waals surface area (Å²) in [6.45, 7) is 4.19. The number of aryl methyl sites for hydroxylation is 1. The molecule has 0 aliphatic rings. The van der Waals surface area contributed by atoms with E-state index in [1.165, 1.54) is 18.5 Å². The number of rotatable bonds is 10. The topological polar surface area (TPSA) is 121 Å². The molecule has 41 heavy (non-hydrogen) atoms. The van der Waals surface area contributed by atoms with E-state index in [1.807, 2.05) is 18.3 Å². The van der Waals surface area contributed by atoms with Gasteiger partial charge in [-0.15, -0.1) is 0 Å². The molecule has 4 rings (SSSR count). The lowest BCUT2D eigenvalue weighted by Gasteiger charge is -2.18. The number of nitrogens with one attached hydrogen (secondary N) is 2. The van der Waals surface area contributed by atoms with E-state index < -0.39 is 35.1 Å². The summed E-state index contributed by atoms with van der Waals surface area (Å²) in [5.74, 6) is -1.75. The van der Waals surface area contributed by atoms with Gasteiger partial charge in [-0.25, -0.2) is 23.1 Å². The molecule has 0 unspecified atom stereocenters. The summed E-state index contributed by atoms with van der Waals surface area (Å²) < 4.78 is 69.6. The molecule has 5 N–H and O–H groups in total. The molecular formula is C27H28F5N7O2. The van der Waals surface area contributed by atoms with E-state index in [2.05, 4.69) is 20.3 Å². The van der Waals surface area contributed by atoms with Gasteiger partial charge in [-0.2, -0.15) is 18.3 Å². The highest BCUT2D eigenvalue weighted by Crippen LogP contribution is 2.34. The van der Waals surface area contributed by atoms with Gasteiger partial charge in [0.2, 0.25) is 0 Å². The maximum absolute atomic E-state index is 15.1. The predicted molar refractivity (Wildman–Crippen MR) is 144 cm³/mol. The van der Waals surface area contributed by atoms with Crippen molar-refractivity contribution in [2.45, 2.75) is 25.9 Å². The number of anilines is 3. The van der Waals surface area contributed by atoms with E-state index in [0.29, 0.717) is 47.8 Å². The van der Waals surface area contributed by atoms with Crippen LogP contribution in [0.1, 0.15) is 24.6 Å². The average Bonchev–Trinajstić information content (AvgIpc) is 3.29. The normalized spacial score (nSPS) is 11.8. The molecule has 0 aliphatic carbocycles. The third kappa shape index (κ3) is 6.89. The molecule has 9 nitrogen and oxygen atoms in total. The van der Waals surface area contributed by atoms with Gasteiger partial charge in [0.05, 0.1) is 23.5 Å². The zero-order valence-electron chi connectivity index (χ0n) is 22.0. The fourth-order valence-corrected chi connectivity index (χ4v) is 4.44. The molecule has 2 aromatic carbocycles. The first-order chi connectivity index (χ1) is 19.5. The van der Waals surface area contributed by atoms with Gasteiger partial charge in [0.15, 0.2) is 5.82 Å². The number of halogens is 5. The zero-order chi connectivity index (χ0) is 29.7. The number of likely N-dealkylation sites (N-methyl/N-ethyl adjacent to an activating group) is 1. The number of hydrogen-bond donors (Lipinski definition) is 4. The molecule has 0 spiro atoms. The number of nitrogen functional groups attached to an aromatic ring is 1. The predicted octanol–water partition coefficient (Wildman–Crippen LogP) is 5.17. The van der Waals surface area contributed by atoms with Crippen molar-refractivity contribution < 1.29 is 31.9 Å². The molecule has 2 aromatic heterocycles. The summed E-state index contributed by atoms with van der Waals surface area (Å²) in [6, 6.07) is 6.21. The highest BCUT2D eigenvalue weighted by atomic mass is 19.4. The smallest absolute Gasteiger partial charge is 0.395 e. The van der Waals surface area contributed by atoms with Gasteiger partial charge in [0, 0.05) is 17.8 Å². The molecular weight excluding hydrogens is 549 g/mol. The highest BCUT2D eigenvalue weighted by molar-refractivity contribution is 6.00. The van der Waals surface area contributed by atoms with E-state index >= 15 is 4.39 Å². The maximum Gasteiger partial charge on any atom is 0.416 e. The Morgan fingerprint density at radius 2 is 1.80 bits per heavy atom. The highest BCUT2D eigenvalue weighted by Gasteiger charge is 2.31. The van der Waals surface area contributed by atoms with Gasteiger partial charge in [0.1, 0.15) is 23.5 Å². The summed E-state index contributed by atoms with van der Waals surface area (Å²) >= 11 is 0. The fraction of sp³-hybridized carbons (Fsp3) is 0.296. The number of amides is 2. The maximum atomic E-state index is 15.1. The number of aromatic nitrogens is 3. The van der Waals surface area contributed by atoms with Crippen LogP contribution in [0, 0.1) is 11.6 Å². The number of nitrogens with zero attached hydrogens (tertiary/aromatic N) is 4. The summed E-state index contributed by atoms with van der Waals surface area (Å²) in [4.78, 5) is 18.5. The molecule has 218 valence electrons. The van der Waals surface area contributed by atoms with Crippen LogP contribution in [0.5, 0.6) is 0 Å². The molecule has 4 aromatic rings. The van der Waals surface area contributed by atoms with Crippen molar-refractivity contribution in [2.75, 3.05) is 42.6 Å². The first-order valence-corrected chi connectivity index (χ1v) is 12.7. The number of aliphatic hydroxyl groups excluding tert-OH is 1. The van der Waals surface area contributed by atoms with Crippen molar-refractivity contribution in [3.8, 4) is 11.1 Å². The van der Waals surface area contributed by atoms with E-state index in [0.717, 1.165) is 31.3 Å². The first-order valence-electron chi connectivity index (χ1n) is 12.7. The Labute approximate surface area is 231 Å². The molecule has 0 atom stereocenters. The lowest BCUT2D eigenvalue weighted by molar-refractivity contribution is -0.137. The number of fused-ring (bicyclic) bond motifs is 1. The van der Waals surface area contributed by atoms with Crippen LogP contribution < -0.4 is 16.4 Å². The molecule has 14 heteroatoms. The molecule has 0 radical (unpaired) electrons. The van der Waals surface area contributed by atoms with Gasteiger partial charge >= 0.3 is 12.2 Å². The zero-order valence-corrected chi connectivity index (χ0v) is 22.0. The Balaban J connectivity index is 1.54. The van der Waals surface area contributed by atoms with Crippen molar-refractivity contribution in [2.24, 2.45) is 0 Å². The Kier molecular flexibility index (Phi) is 9.03. The minimum Gasteiger partial charge on any atom is -0.395 e. The number of aliphatic hydroxyl groups is 1. The van der Waals surface area contributed by atoms with Crippen molar-refractivity contribution in [1.82, 2.24) is 19.5 Å². The fourth-order valence-electron chi connectivity index (χ4n) is 4.44. The van der Waals surface area contributed by atoms with Gasteiger partial charge in [-0.3, -0.25) is 0 Å². The first kappa shape index (κ1) is 29.7. The van der Waals surface area contributed by atoms with Gasteiger partial charge in [-0.05, 0) is 67.9 Å². The average molecular weight is 578 g/mol. The van der Waals surface area contributed by atoms with Crippen LogP contribution >= 0.6 is 0 Å². The third-order valence-corrected chi connectivity index (χ3v) is 6.50. The van der Waals surface area contributed by atoms with Crippen LogP contribution in [-0.2, 0) is 12.6 Å². The quantitative estimate of drug-likeness (QED) is 0.193. The standard InChI is InChI=1S/C27H28F5N7O2/c1-2-38(10-11-40)9-3-4-18-14-19(24-25(33)34-15-35-39(18)24)16-5-8-22(21(29)12-16)36-26(41)37-23-13-17(27(30,31)32)6-7-20(23)28/h5-8,12-15,40H,2-4,9-11H2,1H3,(H2,33,34,35)(H2,36,37,41). The Bertz CT molecular complexity index is 1540. The van der Waals surface area contributed by atoms with E-state index in [-0.39, 0.29) is 18.1 Å². The van der Waals surface area contributed by atoms with E-state index in [4.69, 9.17) is 5.73 Å². The molecule has 0 aliphatic heterocycles. The van der Waals surface area contributed by atoms with E-state index in [1.54, 1.807) is 4.52 Å². The van der Waals surface area contributed by atoms with Crippen LogP contribution in [-0.4, -0.2) is 56.9 Å². The number of carbonyl (C=O) groups excluding carboxylic acids is 1. The Hall–Kier alpha value is -4.30. The van der Waals surface area contributed by atoms with Gasteiger partial charge < -0.3 is 26.4 Å². The van der Waals surface area contributed by atoms with Crippen molar-refractivity contribution in [1.29, 1.82) is 0 Å². The minimum atomic E-state index is -4.74. The number of benzene rings is 2. The summed E-state index contributed by atoms with van der Waals surface area (Å²) in [5.41, 5.74) is 6.25. The lowest BCUT2D eigenvalue weighted by Crippen LogP contribution is -2.28. The largest absolute Gasteiger partial charge is 0.416 e. The number of nitrogens with two attached hydrogens (primary N) is 1. The number of urea groups is 1. The second-order valence-electron chi connectivity index (χ2n) is 9.18. The number of alkyl halides is 3. The monoisotopic (exact) mass is 577 g/mol. The van der Waals surface area contributed by atoms with Crippen LogP contribution in [0.4, 0.5) is 43.9 Å². The Morgan fingerprint density at radius 3 is 2.49 bits per heavy atom. The number of hydrogen-bond acceptors (Lipinski definition) is 6. The summed E-state index contributed by atoms with van der Waals surface area (Å²) in [7, 11) is 0. The summed E-state index contributed by atoms with van der Waals surface area (Å²) in [5, 5.41) is 17.7. The van der Waals surface area contributed by atoms with Crippen LogP contribution in [0.2, 0.25) is 0 Å². The number of carbonyl (C=O) groups is 1. The van der Waals surface area contributed by atoms with Gasteiger partial charge in [0.25, 0.3) is 0 Å². The lowest BCUT2D eigenvalue weighted by atomic mass is 10.1. The van der Waals surface area contributed by atoms with Crippen molar-refractivity contribution in [3.63, 3.8) is 0 Å². The van der Waals surface area contributed by atoms with E-state index in [9.17, 15) is 27.5 Å². The molecule has 0 bridgehead atoms. The third-order valence-electron chi connectivity index (χ3n) is 6.50. The van der Waals surface area contributed by atoms with Gasteiger partial charge in [-0.1, -0.05) is 13.0 Å². The molecule has 0 saturated carbocycles.